The monoisotopic (exact) mass is 965 g/mol. The third-order valence-electron chi connectivity index (χ3n) is 18.1. The first-order valence-electron chi connectivity index (χ1n) is 27.1. The van der Waals surface area contributed by atoms with Crippen LogP contribution in [0.2, 0.25) is 0 Å². The van der Waals surface area contributed by atoms with E-state index >= 15 is 0 Å². The van der Waals surface area contributed by atoms with Crippen molar-refractivity contribution in [2.24, 2.45) is 0 Å². The highest BCUT2D eigenvalue weighted by Crippen LogP contribution is 2.66. The van der Waals surface area contributed by atoms with Gasteiger partial charge in [-0.05, 0) is 159 Å². The Morgan fingerprint density at radius 3 is 1.48 bits per heavy atom. The molecule has 0 aromatic heterocycles. The lowest BCUT2D eigenvalue weighted by Crippen LogP contribution is -2.26. The van der Waals surface area contributed by atoms with Gasteiger partial charge in [-0.3, -0.25) is 0 Å². The molecular formula is C74H63N. The Balaban J connectivity index is 1.02. The minimum Gasteiger partial charge on any atom is -0.310 e. The van der Waals surface area contributed by atoms with Crippen LogP contribution in [-0.2, 0) is 27.1 Å². The van der Waals surface area contributed by atoms with Gasteiger partial charge in [0.25, 0.3) is 0 Å². The Morgan fingerprint density at radius 2 is 0.827 bits per heavy atom. The summed E-state index contributed by atoms with van der Waals surface area (Å²) in [5, 5.41) is 0. The van der Waals surface area contributed by atoms with Crippen LogP contribution in [-0.4, -0.2) is 0 Å². The molecule has 0 amide bonds. The quantitative estimate of drug-likeness (QED) is 0.166. The molecular weight excluding hydrogens is 903 g/mol. The van der Waals surface area contributed by atoms with Crippen LogP contribution < -0.4 is 4.90 Å². The molecule has 75 heavy (non-hydrogen) atoms. The largest absolute Gasteiger partial charge is 0.310 e. The molecule has 0 heterocycles. The van der Waals surface area contributed by atoms with Crippen molar-refractivity contribution in [3.05, 3.63) is 280 Å². The van der Waals surface area contributed by atoms with Crippen molar-refractivity contribution in [2.75, 3.05) is 4.90 Å². The fraction of sp³-hybridized carbons (Fsp3) is 0.189. The van der Waals surface area contributed by atoms with Crippen LogP contribution >= 0.6 is 0 Å². The van der Waals surface area contributed by atoms with Crippen LogP contribution in [0.3, 0.4) is 0 Å². The van der Waals surface area contributed by atoms with Gasteiger partial charge in [-0.1, -0.05) is 243 Å². The molecule has 4 aliphatic rings. The van der Waals surface area contributed by atoms with E-state index in [9.17, 15) is 0 Å². The maximum Gasteiger partial charge on any atom is 0.0726 e. The molecule has 1 spiro atoms. The summed E-state index contributed by atoms with van der Waals surface area (Å²) < 4.78 is 0. The SMILES string of the molecule is CC(C)(C)c1ccc2c(c1)-c1cc(C(C)(C)C)ccc1C21c2ccccc2-c2c(N(c3ccc(-c4cccc5c4C(C)(C)c4ccccc4-5)cc3)c3ccc4c(c3)C(C)(c3ccccc3)c3ccccc3-4)cccc21. The topological polar surface area (TPSA) is 3.24 Å². The number of benzene rings is 10. The first kappa shape index (κ1) is 45.6. The molecule has 0 N–H and O–H groups in total. The lowest BCUT2D eigenvalue weighted by molar-refractivity contribution is 0.589. The Labute approximate surface area is 444 Å². The molecule has 0 saturated heterocycles. The summed E-state index contributed by atoms with van der Waals surface area (Å²) in [5.41, 5.74) is 30.4. The zero-order valence-corrected chi connectivity index (χ0v) is 44.7. The zero-order valence-electron chi connectivity index (χ0n) is 44.7. The van der Waals surface area contributed by atoms with Crippen LogP contribution in [0.15, 0.2) is 218 Å². The molecule has 1 heteroatoms. The summed E-state index contributed by atoms with van der Waals surface area (Å²) in [7, 11) is 0. The first-order chi connectivity index (χ1) is 36.1. The van der Waals surface area contributed by atoms with E-state index in [0.717, 1.165) is 11.4 Å². The van der Waals surface area contributed by atoms with Crippen LogP contribution in [0, 0.1) is 0 Å². The molecule has 10 aromatic carbocycles. The van der Waals surface area contributed by atoms with Crippen molar-refractivity contribution in [2.45, 2.75) is 89.4 Å². The predicted molar refractivity (Wildman–Crippen MR) is 315 cm³/mol. The maximum absolute atomic E-state index is 2.57. The summed E-state index contributed by atoms with van der Waals surface area (Å²) >= 11 is 0. The van der Waals surface area contributed by atoms with E-state index in [0.29, 0.717) is 0 Å². The molecule has 0 radical (unpaired) electrons. The van der Waals surface area contributed by atoms with Crippen LogP contribution in [0.25, 0.3) is 55.6 Å². The van der Waals surface area contributed by atoms with Crippen molar-refractivity contribution in [1.82, 2.24) is 0 Å². The van der Waals surface area contributed by atoms with E-state index in [1.165, 1.54) is 123 Å². The highest BCUT2D eigenvalue weighted by molar-refractivity contribution is 6.02. The maximum atomic E-state index is 2.57. The van der Waals surface area contributed by atoms with Crippen molar-refractivity contribution in [3.8, 4) is 55.6 Å². The first-order valence-corrected chi connectivity index (χ1v) is 27.1. The number of hydrogen-bond acceptors (Lipinski definition) is 1. The summed E-state index contributed by atoms with van der Waals surface area (Å²) in [5.74, 6) is 0. The molecule has 0 fully saturated rings. The standard InChI is InChI=1S/C74H63N/c1-70(2,3)48-35-41-63-58(43-48)59-44-49(71(4,5)6)36-42-64(59)74(63)62-30-18-15-25-57(62)68-65(74)31-20-32-67(68)75(51-39-40-55-53-23-14-17-29-61(53)73(9,66(55)45-51)47-21-11-10-12-22-47)50-37-33-46(34-38-50)52-26-19-27-56-54-24-13-16-28-60(54)72(7,8)69(52)56/h10-45H,1-9H3. The fourth-order valence-electron chi connectivity index (χ4n) is 14.3. The van der Waals surface area contributed by atoms with Gasteiger partial charge in [-0.25, -0.2) is 0 Å². The molecule has 1 atom stereocenters. The molecule has 10 aromatic rings. The van der Waals surface area contributed by atoms with Gasteiger partial charge in [-0.2, -0.15) is 0 Å². The minimum atomic E-state index is -0.515. The van der Waals surface area contributed by atoms with E-state index in [2.05, 4.69) is 286 Å². The average Bonchev–Trinajstić information content (AvgIpc) is 4.23. The highest BCUT2D eigenvalue weighted by Gasteiger charge is 2.53. The Kier molecular flexibility index (Phi) is 9.58. The number of fused-ring (bicyclic) bond motifs is 16. The molecule has 14 rings (SSSR count). The van der Waals surface area contributed by atoms with Gasteiger partial charge < -0.3 is 4.90 Å². The van der Waals surface area contributed by atoms with Crippen molar-refractivity contribution in [1.29, 1.82) is 0 Å². The van der Waals surface area contributed by atoms with Gasteiger partial charge in [0.05, 0.1) is 11.1 Å². The van der Waals surface area contributed by atoms with Crippen molar-refractivity contribution < 1.29 is 0 Å². The molecule has 364 valence electrons. The third-order valence-corrected chi connectivity index (χ3v) is 18.1. The van der Waals surface area contributed by atoms with Crippen LogP contribution in [0.4, 0.5) is 17.1 Å². The number of rotatable bonds is 5. The van der Waals surface area contributed by atoms with Gasteiger partial charge in [0.2, 0.25) is 0 Å². The van der Waals surface area contributed by atoms with Crippen LogP contribution in [0.1, 0.15) is 124 Å². The normalized spacial score (nSPS) is 16.6. The van der Waals surface area contributed by atoms with Crippen molar-refractivity contribution >= 4 is 17.1 Å². The minimum absolute atomic E-state index is 0.00311. The number of anilines is 3. The summed E-state index contributed by atoms with van der Waals surface area (Å²) in [6.07, 6.45) is 0. The van der Waals surface area contributed by atoms with E-state index in [1.807, 2.05) is 0 Å². The second-order valence-electron chi connectivity index (χ2n) is 24.6. The van der Waals surface area contributed by atoms with Gasteiger partial charge in [0, 0.05) is 27.8 Å². The highest BCUT2D eigenvalue weighted by atomic mass is 15.1. The van der Waals surface area contributed by atoms with Crippen molar-refractivity contribution in [3.63, 3.8) is 0 Å². The smallest absolute Gasteiger partial charge is 0.0726 e. The third kappa shape index (κ3) is 6.25. The average molecular weight is 966 g/mol. The van der Waals surface area contributed by atoms with E-state index in [-0.39, 0.29) is 21.7 Å². The zero-order chi connectivity index (χ0) is 51.4. The lowest BCUT2D eigenvalue weighted by Gasteiger charge is -2.33. The molecule has 1 nitrogen and oxygen atoms in total. The van der Waals surface area contributed by atoms with Gasteiger partial charge >= 0.3 is 0 Å². The van der Waals surface area contributed by atoms with E-state index < -0.39 is 5.41 Å². The van der Waals surface area contributed by atoms with Gasteiger partial charge in [-0.15, -0.1) is 0 Å². The van der Waals surface area contributed by atoms with Crippen LogP contribution in [0.5, 0.6) is 0 Å². The van der Waals surface area contributed by atoms with E-state index in [1.54, 1.807) is 0 Å². The van der Waals surface area contributed by atoms with Gasteiger partial charge in [0.1, 0.15) is 0 Å². The molecule has 0 saturated carbocycles. The molecule has 0 aliphatic heterocycles. The molecule has 1 unspecified atom stereocenters. The number of nitrogens with zero attached hydrogens (tertiary/aromatic N) is 1. The summed E-state index contributed by atoms with van der Waals surface area (Å²) in [6.45, 7) is 21.2. The molecule has 4 aliphatic carbocycles. The predicted octanol–water partition coefficient (Wildman–Crippen LogP) is 19.4. The lowest BCUT2D eigenvalue weighted by atomic mass is 9.70. The summed E-state index contributed by atoms with van der Waals surface area (Å²) in [4.78, 5) is 2.57. The second-order valence-corrected chi connectivity index (χ2v) is 24.6. The van der Waals surface area contributed by atoms with E-state index in [4.69, 9.17) is 0 Å². The Bertz CT molecular complexity index is 3940. The Hall–Kier alpha value is -8.00. The van der Waals surface area contributed by atoms with Gasteiger partial charge in [0.15, 0.2) is 0 Å². The molecule has 0 bridgehead atoms. The Morgan fingerprint density at radius 1 is 0.333 bits per heavy atom. The summed E-state index contributed by atoms with van der Waals surface area (Å²) in [6, 6.07) is 84.1. The fourth-order valence-corrected chi connectivity index (χ4v) is 14.3. The number of hydrogen-bond donors (Lipinski definition) is 0. The second kappa shape index (κ2) is 15.8.